The van der Waals surface area contributed by atoms with Crippen molar-refractivity contribution in [2.45, 2.75) is 13.3 Å². The lowest BCUT2D eigenvalue weighted by molar-refractivity contribution is 0.208. The van der Waals surface area contributed by atoms with Crippen LogP contribution in [0, 0.1) is 0 Å². The number of amides is 2. The monoisotopic (exact) mass is 326 g/mol. The molecule has 24 heavy (non-hydrogen) atoms. The van der Waals surface area contributed by atoms with Crippen LogP contribution in [-0.2, 0) is 6.42 Å². The summed E-state index contributed by atoms with van der Waals surface area (Å²) < 4.78 is 0. The second kappa shape index (κ2) is 7.21. The number of nitrogens with zero attached hydrogens (tertiary/aromatic N) is 3. The van der Waals surface area contributed by atoms with Crippen LogP contribution in [0.25, 0.3) is 0 Å². The van der Waals surface area contributed by atoms with Gasteiger partial charge >= 0.3 is 6.03 Å². The van der Waals surface area contributed by atoms with Gasteiger partial charge in [0, 0.05) is 38.1 Å². The number of aromatic nitrogens is 1. The molecule has 0 radical (unpaired) electrons. The number of pyridine rings is 1. The predicted molar refractivity (Wildman–Crippen MR) is 94.5 cm³/mol. The summed E-state index contributed by atoms with van der Waals surface area (Å²) >= 11 is 0. The maximum absolute atomic E-state index is 12.4. The second-order valence-corrected chi connectivity index (χ2v) is 5.80. The first-order valence-electron chi connectivity index (χ1n) is 8.21. The van der Waals surface area contributed by atoms with E-state index in [0.717, 1.165) is 12.1 Å². The van der Waals surface area contributed by atoms with Gasteiger partial charge in [0.05, 0.1) is 0 Å². The second-order valence-electron chi connectivity index (χ2n) is 5.80. The minimum absolute atomic E-state index is 0.0897. The number of aryl methyl sites for hydroxylation is 1. The number of aromatic hydroxyl groups is 1. The first-order valence-corrected chi connectivity index (χ1v) is 8.21. The van der Waals surface area contributed by atoms with Crippen molar-refractivity contribution in [1.29, 1.82) is 0 Å². The molecule has 1 fully saturated rings. The van der Waals surface area contributed by atoms with Crippen LogP contribution >= 0.6 is 0 Å². The van der Waals surface area contributed by atoms with E-state index in [0.29, 0.717) is 32.0 Å². The predicted octanol–water partition coefficient (Wildman–Crippen LogP) is 2.70. The molecule has 6 heteroatoms. The number of hydrogen-bond acceptors (Lipinski definition) is 4. The van der Waals surface area contributed by atoms with E-state index in [-0.39, 0.29) is 11.8 Å². The van der Waals surface area contributed by atoms with E-state index in [1.807, 2.05) is 29.2 Å². The van der Waals surface area contributed by atoms with Crippen LogP contribution in [0.5, 0.6) is 5.75 Å². The molecule has 2 amide bonds. The third kappa shape index (κ3) is 3.59. The standard InChI is InChI=1S/C18H22N4O2/c1-2-14-5-3-6-15(13-14)20-18(24)22-11-9-21(10-12-22)17-16(23)7-4-8-19-17/h3-8,13,23H,2,9-12H2,1H3,(H,20,24). The fraction of sp³-hybridized carbons (Fsp3) is 0.333. The van der Waals surface area contributed by atoms with Crippen LogP contribution < -0.4 is 10.2 Å². The lowest BCUT2D eigenvalue weighted by Gasteiger charge is -2.35. The Hall–Kier alpha value is -2.76. The molecule has 1 aromatic carbocycles. The average Bonchev–Trinajstić information content (AvgIpc) is 2.62. The molecular weight excluding hydrogens is 304 g/mol. The number of nitrogens with one attached hydrogen (secondary N) is 1. The van der Waals surface area contributed by atoms with Gasteiger partial charge in [-0.05, 0) is 36.2 Å². The Morgan fingerprint density at radius 3 is 2.71 bits per heavy atom. The molecule has 0 spiro atoms. The molecule has 0 unspecified atom stereocenters. The van der Waals surface area contributed by atoms with Crippen LogP contribution in [0.3, 0.4) is 0 Å². The highest BCUT2D eigenvalue weighted by Crippen LogP contribution is 2.24. The normalized spacial score (nSPS) is 14.5. The minimum Gasteiger partial charge on any atom is -0.504 e. The van der Waals surface area contributed by atoms with Crippen LogP contribution in [-0.4, -0.2) is 47.2 Å². The van der Waals surface area contributed by atoms with E-state index in [4.69, 9.17) is 0 Å². The first-order chi connectivity index (χ1) is 11.7. The summed E-state index contributed by atoms with van der Waals surface area (Å²) in [4.78, 5) is 20.4. The van der Waals surface area contributed by atoms with Crippen molar-refractivity contribution in [2.75, 3.05) is 36.4 Å². The summed E-state index contributed by atoms with van der Waals surface area (Å²) in [7, 11) is 0. The molecular formula is C18H22N4O2. The van der Waals surface area contributed by atoms with Gasteiger partial charge < -0.3 is 20.2 Å². The Balaban J connectivity index is 1.58. The third-order valence-corrected chi connectivity index (χ3v) is 4.22. The van der Waals surface area contributed by atoms with Gasteiger partial charge in [-0.3, -0.25) is 0 Å². The van der Waals surface area contributed by atoms with Gasteiger partial charge in [-0.2, -0.15) is 0 Å². The molecule has 0 saturated carbocycles. The number of carbonyl (C=O) groups is 1. The zero-order chi connectivity index (χ0) is 16.9. The molecule has 1 saturated heterocycles. The summed E-state index contributed by atoms with van der Waals surface area (Å²) in [5.41, 5.74) is 2.02. The molecule has 1 aliphatic rings. The molecule has 1 aromatic heterocycles. The van der Waals surface area contributed by atoms with E-state index in [1.54, 1.807) is 23.2 Å². The molecule has 6 nitrogen and oxygen atoms in total. The Labute approximate surface area is 141 Å². The van der Waals surface area contributed by atoms with E-state index in [2.05, 4.69) is 17.2 Å². The molecule has 2 aromatic rings. The Kier molecular flexibility index (Phi) is 4.84. The first kappa shape index (κ1) is 16.1. The molecule has 0 atom stereocenters. The van der Waals surface area contributed by atoms with Gasteiger partial charge in [0.25, 0.3) is 0 Å². The maximum atomic E-state index is 12.4. The van der Waals surface area contributed by atoms with Gasteiger partial charge in [-0.15, -0.1) is 0 Å². The number of piperazine rings is 1. The Morgan fingerprint density at radius 1 is 1.21 bits per heavy atom. The van der Waals surface area contributed by atoms with E-state index in [1.165, 1.54) is 5.56 Å². The van der Waals surface area contributed by atoms with Gasteiger partial charge in [0.2, 0.25) is 0 Å². The maximum Gasteiger partial charge on any atom is 0.321 e. The molecule has 0 aliphatic carbocycles. The van der Waals surface area contributed by atoms with Crippen molar-refractivity contribution in [3.63, 3.8) is 0 Å². The van der Waals surface area contributed by atoms with E-state index in [9.17, 15) is 9.90 Å². The lowest BCUT2D eigenvalue weighted by atomic mass is 10.1. The van der Waals surface area contributed by atoms with Crippen LogP contribution in [0.2, 0.25) is 0 Å². The van der Waals surface area contributed by atoms with E-state index >= 15 is 0 Å². The van der Waals surface area contributed by atoms with Crippen molar-refractivity contribution >= 4 is 17.5 Å². The van der Waals surface area contributed by atoms with Gasteiger partial charge in [-0.1, -0.05) is 19.1 Å². The van der Waals surface area contributed by atoms with Crippen molar-refractivity contribution in [3.05, 3.63) is 48.2 Å². The van der Waals surface area contributed by atoms with E-state index < -0.39 is 0 Å². The fourth-order valence-electron chi connectivity index (χ4n) is 2.83. The summed E-state index contributed by atoms with van der Waals surface area (Å²) in [6, 6.07) is 11.1. The zero-order valence-electron chi connectivity index (χ0n) is 13.8. The van der Waals surface area contributed by atoms with Crippen LogP contribution in [0.15, 0.2) is 42.6 Å². The number of anilines is 2. The number of benzene rings is 1. The zero-order valence-corrected chi connectivity index (χ0v) is 13.8. The summed E-state index contributed by atoms with van der Waals surface area (Å²) in [6.45, 7) is 4.57. The SMILES string of the molecule is CCc1cccc(NC(=O)N2CCN(c3ncccc3O)CC2)c1. The summed E-state index contributed by atoms with van der Waals surface area (Å²) in [6.07, 6.45) is 2.60. The largest absolute Gasteiger partial charge is 0.504 e. The van der Waals surface area contributed by atoms with Gasteiger partial charge in [-0.25, -0.2) is 9.78 Å². The minimum atomic E-state index is -0.0897. The summed E-state index contributed by atoms with van der Waals surface area (Å²) in [5, 5.41) is 12.8. The van der Waals surface area contributed by atoms with Crippen molar-refractivity contribution in [3.8, 4) is 5.75 Å². The Morgan fingerprint density at radius 2 is 2.00 bits per heavy atom. The molecule has 2 N–H and O–H groups in total. The highest BCUT2D eigenvalue weighted by molar-refractivity contribution is 5.89. The highest BCUT2D eigenvalue weighted by Gasteiger charge is 2.23. The smallest absolute Gasteiger partial charge is 0.321 e. The topological polar surface area (TPSA) is 68.7 Å². The fourth-order valence-corrected chi connectivity index (χ4v) is 2.83. The van der Waals surface area contributed by atoms with Crippen molar-refractivity contribution < 1.29 is 9.90 Å². The quantitative estimate of drug-likeness (QED) is 0.910. The van der Waals surface area contributed by atoms with Crippen LogP contribution in [0.1, 0.15) is 12.5 Å². The van der Waals surface area contributed by atoms with Crippen molar-refractivity contribution in [1.82, 2.24) is 9.88 Å². The molecule has 1 aliphatic heterocycles. The van der Waals surface area contributed by atoms with Crippen LogP contribution in [0.4, 0.5) is 16.3 Å². The molecule has 0 bridgehead atoms. The average molecular weight is 326 g/mol. The number of urea groups is 1. The lowest BCUT2D eigenvalue weighted by Crippen LogP contribution is -2.50. The van der Waals surface area contributed by atoms with Crippen molar-refractivity contribution in [2.24, 2.45) is 0 Å². The molecule has 3 rings (SSSR count). The number of carbonyl (C=O) groups excluding carboxylic acids is 1. The Bertz CT molecular complexity index is 712. The molecule has 2 heterocycles. The highest BCUT2D eigenvalue weighted by atomic mass is 16.3. The summed E-state index contributed by atoms with van der Waals surface area (Å²) in [5.74, 6) is 0.750. The third-order valence-electron chi connectivity index (χ3n) is 4.22. The number of rotatable bonds is 3. The number of hydrogen-bond donors (Lipinski definition) is 2. The molecule has 126 valence electrons. The van der Waals surface area contributed by atoms with Gasteiger partial charge in [0.15, 0.2) is 11.6 Å². The van der Waals surface area contributed by atoms with Gasteiger partial charge in [0.1, 0.15) is 0 Å².